The van der Waals surface area contributed by atoms with Crippen LogP contribution in [0.2, 0.25) is 10.0 Å². The normalized spacial score (nSPS) is 11.5. The van der Waals surface area contributed by atoms with Crippen molar-refractivity contribution in [1.82, 2.24) is 4.31 Å². The number of carbonyl (C=O) groups excluding carboxylic acids is 1. The molecule has 0 aliphatic rings. The largest absolute Gasteiger partial charge is 0.314 e. The molecule has 3 aromatic carbocycles. The second-order valence-electron chi connectivity index (χ2n) is 6.72. The van der Waals surface area contributed by atoms with E-state index in [4.69, 9.17) is 23.2 Å². The number of carbonyl (C=O) groups is 1. The molecule has 5 nitrogen and oxygen atoms in total. The van der Waals surface area contributed by atoms with Gasteiger partial charge in [-0.05, 0) is 48.5 Å². The molecule has 1 amide bonds. The number of hydrogen-bond acceptors (Lipinski definition) is 3. The summed E-state index contributed by atoms with van der Waals surface area (Å²) in [5.41, 5.74) is 0.581. The number of para-hydroxylation sites is 1. The van der Waals surface area contributed by atoms with Gasteiger partial charge in [-0.1, -0.05) is 47.5 Å². The highest BCUT2D eigenvalue weighted by atomic mass is 35.5. The average Bonchev–Trinajstić information content (AvgIpc) is 2.75. The second-order valence-corrected chi connectivity index (χ2v) is 9.50. The number of hydrogen-bond donors (Lipinski definition) is 0. The maximum Gasteiger partial charge on any atom is 0.243 e. The lowest BCUT2D eigenvalue weighted by Gasteiger charge is -2.25. The highest BCUT2D eigenvalue weighted by Gasteiger charge is 2.29. The topological polar surface area (TPSA) is 57.7 Å². The summed E-state index contributed by atoms with van der Waals surface area (Å²) in [5, 5.41) is 0.433. The molecule has 0 saturated heterocycles. The monoisotopic (exact) mass is 480 g/mol. The molecule has 0 spiro atoms. The number of halogens is 3. The Labute approximate surface area is 190 Å². The third-order valence-electron chi connectivity index (χ3n) is 4.68. The van der Waals surface area contributed by atoms with Gasteiger partial charge >= 0.3 is 0 Å². The molecule has 0 heterocycles. The zero-order chi connectivity index (χ0) is 22.6. The first-order chi connectivity index (χ1) is 14.7. The van der Waals surface area contributed by atoms with E-state index in [9.17, 15) is 17.6 Å². The first-order valence-electron chi connectivity index (χ1n) is 9.20. The molecule has 0 saturated carbocycles. The van der Waals surface area contributed by atoms with Crippen LogP contribution in [0.25, 0.3) is 0 Å². The Balaban J connectivity index is 1.97. The summed E-state index contributed by atoms with van der Waals surface area (Å²) in [6, 6.07) is 18.4. The summed E-state index contributed by atoms with van der Waals surface area (Å²) in [6.07, 6.45) is 0. The van der Waals surface area contributed by atoms with Crippen molar-refractivity contribution >= 4 is 44.8 Å². The standard InChI is InChI=1S/C22H19Cl2FN2O3S/c1-26(17-6-3-2-4-7-17)22(28)15-27(14-19-20(24)8-5-9-21(19)25)31(29,30)18-12-10-16(23)11-13-18/h2-13H,14-15H2,1H3. The molecule has 0 aromatic heterocycles. The van der Waals surface area contributed by atoms with Gasteiger partial charge in [-0.3, -0.25) is 4.79 Å². The van der Waals surface area contributed by atoms with Gasteiger partial charge in [0.1, 0.15) is 5.82 Å². The summed E-state index contributed by atoms with van der Waals surface area (Å²) in [6.45, 7) is -0.925. The SMILES string of the molecule is CN(C(=O)CN(Cc1c(F)cccc1Cl)S(=O)(=O)c1ccc(Cl)cc1)c1ccccc1. The van der Waals surface area contributed by atoms with E-state index < -0.39 is 34.8 Å². The van der Waals surface area contributed by atoms with E-state index in [-0.39, 0.29) is 15.5 Å². The van der Waals surface area contributed by atoms with Crippen LogP contribution in [0.3, 0.4) is 0 Å². The second kappa shape index (κ2) is 9.78. The van der Waals surface area contributed by atoms with Crippen LogP contribution in [-0.4, -0.2) is 32.2 Å². The summed E-state index contributed by atoms with van der Waals surface area (Å²) in [7, 11) is -2.62. The molecule has 0 bridgehead atoms. The number of sulfonamides is 1. The Kier molecular flexibility index (Phi) is 7.33. The number of amides is 1. The van der Waals surface area contributed by atoms with Crippen LogP contribution >= 0.6 is 23.2 Å². The van der Waals surface area contributed by atoms with Crippen LogP contribution in [0.15, 0.2) is 77.7 Å². The van der Waals surface area contributed by atoms with E-state index >= 15 is 0 Å². The van der Waals surface area contributed by atoms with Gasteiger partial charge in [0, 0.05) is 34.9 Å². The Hall–Kier alpha value is -2.45. The van der Waals surface area contributed by atoms with E-state index in [0.717, 1.165) is 4.31 Å². The number of likely N-dealkylation sites (N-methyl/N-ethyl adjacent to an activating group) is 1. The van der Waals surface area contributed by atoms with E-state index in [1.165, 1.54) is 47.4 Å². The average molecular weight is 481 g/mol. The quantitative estimate of drug-likeness (QED) is 0.478. The van der Waals surface area contributed by atoms with Crippen molar-refractivity contribution in [3.63, 3.8) is 0 Å². The van der Waals surface area contributed by atoms with Gasteiger partial charge in [0.25, 0.3) is 0 Å². The van der Waals surface area contributed by atoms with Crippen molar-refractivity contribution in [1.29, 1.82) is 0 Å². The molecule has 3 aromatic rings. The molecule has 3 rings (SSSR count). The molecular weight excluding hydrogens is 462 g/mol. The third-order valence-corrected chi connectivity index (χ3v) is 7.09. The van der Waals surface area contributed by atoms with Crippen molar-refractivity contribution in [3.05, 3.63) is 94.2 Å². The highest BCUT2D eigenvalue weighted by molar-refractivity contribution is 7.89. The van der Waals surface area contributed by atoms with Gasteiger partial charge in [0.15, 0.2) is 0 Å². The molecule has 0 unspecified atom stereocenters. The molecule has 0 radical (unpaired) electrons. The first-order valence-corrected chi connectivity index (χ1v) is 11.4. The molecule has 9 heteroatoms. The fraction of sp³-hybridized carbons (Fsp3) is 0.136. The highest BCUT2D eigenvalue weighted by Crippen LogP contribution is 2.26. The lowest BCUT2D eigenvalue weighted by Crippen LogP contribution is -2.41. The molecular formula is C22H19Cl2FN2O3S. The Morgan fingerprint density at radius 3 is 2.19 bits per heavy atom. The Morgan fingerprint density at radius 2 is 1.58 bits per heavy atom. The lowest BCUT2D eigenvalue weighted by molar-refractivity contribution is -0.118. The lowest BCUT2D eigenvalue weighted by atomic mass is 10.2. The minimum Gasteiger partial charge on any atom is -0.314 e. The molecule has 0 fully saturated rings. The van der Waals surface area contributed by atoms with E-state index in [2.05, 4.69) is 0 Å². The van der Waals surface area contributed by atoms with Crippen molar-refractivity contribution < 1.29 is 17.6 Å². The van der Waals surface area contributed by atoms with Crippen molar-refractivity contribution in [2.75, 3.05) is 18.5 Å². The molecule has 0 aliphatic heterocycles. The maximum atomic E-state index is 14.4. The van der Waals surface area contributed by atoms with E-state index in [1.807, 2.05) is 0 Å². The van der Waals surface area contributed by atoms with Gasteiger partial charge in [0.2, 0.25) is 15.9 Å². The summed E-state index contributed by atoms with van der Waals surface area (Å²) in [5.74, 6) is -1.15. The summed E-state index contributed by atoms with van der Waals surface area (Å²) < 4.78 is 41.9. The number of rotatable bonds is 7. The Morgan fingerprint density at radius 1 is 0.935 bits per heavy atom. The zero-order valence-corrected chi connectivity index (χ0v) is 18.8. The smallest absolute Gasteiger partial charge is 0.243 e. The van der Waals surface area contributed by atoms with Crippen LogP contribution < -0.4 is 4.90 Å². The van der Waals surface area contributed by atoms with Crippen molar-refractivity contribution in [2.45, 2.75) is 11.4 Å². The minimum absolute atomic E-state index is 0.0168. The number of anilines is 1. The number of benzene rings is 3. The fourth-order valence-electron chi connectivity index (χ4n) is 2.89. The summed E-state index contributed by atoms with van der Waals surface area (Å²) in [4.78, 5) is 14.2. The molecule has 0 aliphatic carbocycles. The van der Waals surface area contributed by atoms with Gasteiger partial charge < -0.3 is 4.90 Å². The number of nitrogens with zero attached hydrogens (tertiary/aromatic N) is 2. The Bertz CT molecular complexity index is 1150. The van der Waals surface area contributed by atoms with Crippen LogP contribution in [0, 0.1) is 5.82 Å². The van der Waals surface area contributed by atoms with Gasteiger partial charge in [-0.15, -0.1) is 0 Å². The predicted octanol–water partition coefficient (Wildman–Crippen LogP) is 4.99. The van der Waals surface area contributed by atoms with E-state index in [1.54, 1.807) is 37.4 Å². The first kappa shape index (κ1) is 23.2. The maximum absolute atomic E-state index is 14.4. The van der Waals surface area contributed by atoms with Gasteiger partial charge in [-0.2, -0.15) is 4.31 Å². The van der Waals surface area contributed by atoms with Crippen LogP contribution in [0.4, 0.5) is 10.1 Å². The summed E-state index contributed by atoms with van der Waals surface area (Å²) >= 11 is 12.0. The molecule has 162 valence electrons. The van der Waals surface area contributed by atoms with Crippen molar-refractivity contribution in [3.8, 4) is 0 Å². The molecule has 31 heavy (non-hydrogen) atoms. The molecule has 0 N–H and O–H groups in total. The molecule has 0 atom stereocenters. The van der Waals surface area contributed by atoms with Gasteiger partial charge in [0.05, 0.1) is 11.4 Å². The van der Waals surface area contributed by atoms with E-state index in [0.29, 0.717) is 10.7 Å². The minimum atomic E-state index is -4.16. The van der Waals surface area contributed by atoms with Crippen LogP contribution in [0.5, 0.6) is 0 Å². The predicted molar refractivity (Wildman–Crippen MR) is 120 cm³/mol. The fourth-order valence-corrected chi connectivity index (χ4v) is 4.60. The van der Waals surface area contributed by atoms with Crippen molar-refractivity contribution in [2.24, 2.45) is 0 Å². The van der Waals surface area contributed by atoms with Crippen LogP contribution in [0.1, 0.15) is 5.56 Å². The third kappa shape index (κ3) is 5.43. The van der Waals surface area contributed by atoms with Gasteiger partial charge in [-0.25, -0.2) is 12.8 Å². The zero-order valence-electron chi connectivity index (χ0n) is 16.5. The van der Waals surface area contributed by atoms with Crippen LogP contribution in [-0.2, 0) is 21.4 Å².